The van der Waals surface area contributed by atoms with Gasteiger partial charge >= 0.3 is 0 Å². The minimum Gasteiger partial charge on any atom is -0.236 e. The number of aromatic nitrogens is 3. The van der Waals surface area contributed by atoms with Crippen LogP contribution < -0.4 is 0 Å². The Hall–Kier alpha value is -3.25. The normalized spacial score (nSPS) is 12.6. The fraction of sp³-hybridized carbons (Fsp3) is 0.0909. The first-order chi connectivity index (χ1) is 13.6. The maximum Gasteiger partial charge on any atom is 0.227 e. The van der Waals surface area contributed by atoms with Gasteiger partial charge in [-0.3, -0.25) is 0 Å². The standard InChI is InChI=1S/C22H19N3O2S/c1-17(18-11-5-2-6-12-18)25-21(19-13-7-3-8-14-19)22(23-24-25)28(26,27)20-15-9-4-10-16-20/h2-17H,1H3. The van der Waals surface area contributed by atoms with Crippen molar-refractivity contribution in [3.05, 3.63) is 96.6 Å². The molecule has 0 aliphatic carbocycles. The predicted octanol–water partition coefficient (Wildman–Crippen LogP) is 4.39. The molecule has 0 N–H and O–H groups in total. The van der Waals surface area contributed by atoms with Gasteiger partial charge in [-0.1, -0.05) is 84.1 Å². The van der Waals surface area contributed by atoms with Crippen molar-refractivity contribution in [1.29, 1.82) is 0 Å². The van der Waals surface area contributed by atoms with Gasteiger partial charge in [-0.2, -0.15) is 0 Å². The molecule has 0 fully saturated rings. The molecule has 6 heteroatoms. The van der Waals surface area contributed by atoms with Crippen LogP contribution >= 0.6 is 0 Å². The summed E-state index contributed by atoms with van der Waals surface area (Å²) in [6.45, 7) is 1.98. The van der Waals surface area contributed by atoms with E-state index < -0.39 is 9.84 Å². The molecule has 1 aromatic heterocycles. The summed E-state index contributed by atoms with van der Waals surface area (Å²) in [4.78, 5) is 0.201. The topological polar surface area (TPSA) is 64.8 Å². The van der Waals surface area contributed by atoms with Crippen LogP contribution in [-0.2, 0) is 9.84 Å². The quantitative estimate of drug-likeness (QED) is 0.508. The van der Waals surface area contributed by atoms with E-state index in [4.69, 9.17) is 0 Å². The van der Waals surface area contributed by atoms with E-state index in [1.807, 2.05) is 67.6 Å². The van der Waals surface area contributed by atoms with Gasteiger partial charge in [0.25, 0.3) is 0 Å². The summed E-state index contributed by atoms with van der Waals surface area (Å²) < 4.78 is 28.3. The molecule has 0 saturated heterocycles. The summed E-state index contributed by atoms with van der Waals surface area (Å²) in [7, 11) is -3.81. The molecule has 0 amide bonds. The van der Waals surface area contributed by atoms with Crippen molar-refractivity contribution in [2.45, 2.75) is 22.9 Å². The molecule has 0 spiro atoms. The Morgan fingerprint density at radius 1 is 0.786 bits per heavy atom. The van der Waals surface area contributed by atoms with E-state index >= 15 is 0 Å². The SMILES string of the molecule is CC(c1ccccc1)n1nnc(S(=O)(=O)c2ccccc2)c1-c1ccccc1. The van der Waals surface area contributed by atoms with E-state index in [2.05, 4.69) is 10.3 Å². The zero-order chi connectivity index (χ0) is 19.6. The largest absolute Gasteiger partial charge is 0.236 e. The molecule has 1 unspecified atom stereocenters. The van der Waals surface area contributed by atoms with Gasteiger partial charge in [-0.05, 0) is 24.6 Å². The molecule has 1 heterocycles. The molecule has 4 aromatic rings. The van der Waals surface area contributed by atoms with Crippen LogP contribution in [0.4, 0.5) is 0 Å². The van der Waals surface area contributed by atoms with E-state index in [1.165, 1.54) is 0 Å². The number of nitrogens with zero attached hydrogens (tertiary/aromatic N) is 3. The third-order valence-electron chi connectivity index (χ3n) is 4.67. The maximum atomic E-state index is 13.3. The van der Waals surface area contributed by atoms with Crippen LogP contribution in [0.5, 0.6) is 0 Å². The van der Waals surface area contributed by atoms with Gasteiger partial charge in [0.15, 0.2) is 0 Å². The lowest BCUT2D eigenvalue weighted by atomic mass is 10.1. The molecule has 5 nitrogen and oxygen atoms in total. The molecular weight excluding hydrogens is 370 g/mol. The highest BCUT2D eigenvalue weighted by Gasteiger charge is 2.29. The highest BCUT2D eigenvalue weighted by molar-refractivity contribution is 7.91. The van der Waals surface area contributed by atoms with Crippen LogP contribution in [0.15, 0.2) is 101 Å². The Labute approximate surface area is 164 Å². The smallest absolute Gasteiger partial charge is 0.227 e. The average Bonchev–Trinajstić information content (AvgIpc) is 3.21. The van der Waals surface area contributed by atoms with E-state index in [0.29, 0.717) is 5.69 Å². The van der Waals surface area contributed by atoms with Crippen molar-refractivity contribution in [2.75, 3.05) is 0 Å². The second-order valence-corrected chi connectivity index (χ2v) is 8.32. The minimum absolute atomic E-state index is 0.0346. The highest BCUT2D eigenvalue weighted by atomic mass is 32.2. The van der Waals surface area contributed by atoms with Crippen LogP contribution in [0.3, 0.4) is 0 Å². The first kappa shape index (κ1) is 18.1. The molecule has 28 heavy (non-hydrogen) atoms. The lowest BCUT2D eigenvalue weighted by Crippen LogP contribution is -2.11. The summed E-state index contributed by atoms with van der Waals surface area (Å²) in [5.74, 6) is 0. The molecule has 0 aliphatic rings. The van der Waals surface area contributed by atoms with Crippen molar-refractivity contribution in [3.63, 3.8) is 0 Å². The Morgan fingerprint density at radius 3 is 1.93 bits per heavy atom. The second kappa shape index (κ2) is 7.40. The first-order valence-corrected chi connectivity index (χ1v) is 10.4. The Kier molecular flexibility index (Phi) is 4.79. The fourth-order valence-corrected chi connectivity index (χ4v) is 4.52. The third-order valence-corrected chi connectivity index (χ3v) is 6.34. The Bertz CT molecular complexity index is 1170. The second-order valence-electron chi connectivity index (χ2n) is 6.46. The van der Waals surface area contributed by atoms with E-state index in [0.717, 1.165) is 11.1 Å². The van der Waals surface area contributed by atoms with Gasteiger partial charge in [-0.15, -0.1) is 5.10 Å². The molecule has 0 radical (unpaired) electrons. The number of hydrogen-bond donors (Lipinski definition) is 0. The first-order valence-electron chi connectivity index (χ1n) is 8.95. The van der Waals surface area contributed by atoms with E-state index in [1.54, 1.807) is 35.0 Å². The van der Waals surface area contributed by atoms with Gasteiger partial charge in [-0.25, -0.2) is 13.1 Å². The Balaban J connectivity index is 1.93. The van der Waals surface area contributed by atoms with Gasteiger partial charge < -0.3 is 0 Å². The van der Waals surface area contributed by atoms with Crippen LogP contribution in [0.2, 0.25) is 0 Å². The van der Waals surface area contributed by atoms with Crippen molar-refractivity contribution >= 4 is 9.84 Å². The van der Waals surface area contributed by atoms with Gasteiger partial charge in [0.1, 0.15) is 5.69 Å². The monoisotopic (exact) mass is 389 g/mol. The number of benzene rings is 3. The number of sulfone groups is 1. The summed E-state index contributed by atoms with van der Waals surface area (Å²) in [5.41, 5.74) is 2.26. The molecule has 4 rings (SSSR count). The highest BCUT2D eigenvalue weighted by Crippen LogP contribution is 2.33. The summed E-state index contributed by atoms with van der Waals surface area (Å²) >= 11 is 0. The van der Waals surface area contributed by atoms with Crippen molar-refractivity contribution in [3.8, 4) is 11.3 Å². The lowest BCUT2D eigenvalue weighted by molar-refractivity contribution is 0.548. The van der Waals surface area contributed by atoms with Crippen molar-refractivity contribution < 1.29 is 8.42 Å². The van der Waals surface area contributed by atoms with Crippen LogP contribution in [0, 0.1) is 0 Å². The molecule has 3 aromatic carbocycles. The maximum absolute atomic E-state index is 13.3. The third kappa shape index (κ3) is 3.23. The lowest BCUT2D eigenvalue weighted by Gasteiger charge is -2.16. The van der Waals surface area contributed by atoms with Gasteiger partial charge in [0.05, 0.1) is 10.9 Å². The van der Waals surface area contributed by atoms with Crippen LogP contribution in [-0.4, -0.2) is 23.4 Å². The molecule has 140 valence electrons. The zero-order valence-electron chi connectivity index (χ0n) is 15.3. The van der Waals surface area contributed by atoms with Crippen molar-refractivity contribution in [2.24, 2.45) is 0 Å². The van der Waals surface area contributed by atoms with E-state index in [-0.39, 0.29) is 16.0 Å². The van der Waals surface area contributed by atoms with Crippen molar-refractivity contribution in [1.82, 2.24) is 15.0 Å². The number of rotatable bonds is 5. The van der Waals surface area contributed by atoms with Crippen LogP contribution in [0.25, 0.3) is 11.3 Å². The molecule has 0 aliphatic heterocycles. The predicted molar refractivity (Wildman–Crippen MR) is 108 cm³/mol. The number of hydrogen-bond acceptors (Lipinski definition) is 4. The van der Waals surface area contributed by atoms with Gasteiger partial charge in [0, 0.05) is 5.56 Å². The summed E-state index contributed by atoms with van der Waals surface area (Å²) in [6, 6.07) is 27.4. The molecule has 1 atom stereocenters. The molecule has 0 saturated carbocycles. The van der Waals surface area contributed by atoms with E-state index in [9.17, 15) is 8.42 Å². The van der Waals surface area contributed by atoms with Crippen LogP contribution in [0.1, 0.15) is 18.5 Å². The molecule has 0 bridgehead atoms. The zero-order valence-corrected chi connectivity index (χ0v) is 16.1. The fourth-order valence-electron chi connectivity index (χ4n) is 3.17. The summed E-state index contributed by atoms with van der Waals surface area (Å²) in [6.07, 6.45) is 0. The van der Waals surface area contributed by atoms with Gasteiger partial charge in [0.2, 0.25) is 14.9 Å². The molecular formula is C22H19N3O2S. The summed E-state index contributed by atoms with van der Waals surface area (Å²) in [5, 5.41) is 8.33. The average molecular weight is 389 g/mol. The minimum atomic E-state index is -3.81. The Morgan fingerprint density at radius 2 is 1.32 bits per heavy atom.